The summed E-state index contributed by atoms with van der Waals surface area (Å²) in [6.45, 7) is 3.85. The van der Waals surface area contributed by atoms with Crippen molar-refractivity contribution in [1.82, 2.24) is 0 Å². The standard InChI is InChI=1S/C24H24F4O3/c1-3-15(2)23(29)31-14-21-18(12-16-4-8-19(9-5-16)24(26,27)28)13-30-22(21)17-6-10-20(25)11-7-17/h3-11,18,21-22H,12-14H2,1-2H3/b15-3+/t18-,21-,22+/m0/s1. The monoisotopic (exact) mass is 436 g/mol. The molecule has 2 aromatic carbocycles. The van der Waals surface area contributed by atoms with Crippen LogP contribution in [0.25, 0.3) is 0 Å². The average molecular weight is 436 g/mol. The van der Waals surface area contributed by atoms with Gasteiger partial charge in [-0.1, -0.05) is 30.3 Å². The van der Waals surface area contributed by atoms with Gasteiger partial charge in [-0.2, -0.15) is 13.2 Å². The van der Waals surface area contributed by atoms with Gasteiger partial charge in [-0.15, -0.1) is 0 Å². The van der Waals surface area contributed by atoms with E-state index in [1.807, 2.05) is 0 Å². The summed E-state index contributed by atoms with van der Waals surface area (Å²) in [6.07, 6.45) is -2.66. The van der Waals surface area contributed by atoms with Crippen LogP contribution in [-0.2, 0) is 26.9 Å². The van der Waals surface area contributed by atoms with E-state index in [-0.39, 0.29) is 24.3 Å². The third-order valence-electron chi connectivity index (χ3n) is 5.62. The quantitative estimate of drug-likeness (QED) is 0.321. The average Bonchev–Trinajstić information content (AvgIpc) is 3.14. The number of halogens is 4. The highest BCUT2D eigenvalue weighted by Crippen LogP contribution is 2.40. The Morgan fingerprint density at radius 1 is 1.13 bits per heavy atom. The van der Waals surface area contributed by atoms with Crippen molar-refractivity contribution in [2.75, 3.05) is 13.2 Å². The number of ether oxygens (including phenoxy) is 2. The van der Waals surface area contributed by atoms with E-state index in [1.165, 1.54) is 24.3 Å². The molecule has 0 aromatic heterocycles. The molecule has 0 radical (unpaired) electrons. The van der Waals surface area contributed by atoms with Gasteiger partial charge in [0.15, 0.2) is 0 Å². The first-order chi connectivity index (χ1) is 14.7. The number of alkyl halides is 3. The molecule has 0 unspecified atom stereocenters. The maximum atomic E-state index is 13.3. The van der Waals surface area contributed by atoms with Gasteiger partial charge in [0.05, 0.1) is 24.9 Å². The Morgan fingerprint density at radius 3 is 2.35 bits per heavy atom. The molecule has 7 heteroatoms. The van der Waals surface area contributed by atoms with E-state index < -0.39 is 23.8 Å². The van der Waals surface area contributed by atoms with Crippen LogP contribution in [0.15, 0.2) is 60.2 Å². The minimum absolute atomic E-state index is 0.0782. The number of hydrogen-bond acceptors (Lipinski definition) is 3. The summed E-state index contributed by atoms with van der Waals surface area (Å²) < 4.78 is 63.3. The highest BCUT2D eigenvalue weighted by molar-refractivity contribution is 5.87. The van der Waals surface area contributed by atoms with Gasteiger partial charge < -0.3 is 9.47 Å². The molecule has 1 fully saturated rings. The van der Waals surface area contributed by atoms with Crippen molar-refractivity contribution >= 4 is 5.97 Å². The van der Waals surface area contributed by atoms with Crippen LogP contribution in [0.4, 0.5) is 17.6 Å². The zero-order valence-electron chi connectivity index (χ0n) is 17.3. The first-order valence-electron chi connectivity index (χ1n) is 10.0. The van der Waals surface area contributed by atoms with E-state index in [0.29, 0.717) is 18.6 Å². The molecular formula is C24H24F4O3. The molecule has 3 nitrogen and oxygen atoms in total. The minimum atomic E-state index is -4.38. The van der Waals surface area contributed by atoms with Gasteiger partial charge in [0.2, 0.25) is 0 Å². The second-order valence-electron chi connectivity index (χ2n) is 7.70. The zero-order chi connectivity index (χ0) is 22.6. The maximum absolute atomic E-state index is 13.3. The van der Waals surface area contributed by atoms with E-state index in [1.54, 1.807) is 32.1 Å². The van der Waals surface area contributed by atoms with Crippen LogP contribution < -0.4 is 0 Å². The smallest absolute Gasteiger partial charge is 0.416 e. The molecule has 31 heavy (non-hydrogen) atoms. The predicted molar refractivity (Wildman–Crippen MR) is 108 cm³/mol. The topological polar surface area (TPSA) is 35.5 Å². The Morgan fingerprint density at radius 2 is 1.77 bits per heavy atom. The van der Waals surface area contributed by atoms with Crippen molar-refractivity contribution in [1.29, 1.82) is 0 Å². The Hall–Kier alpha value is -2.67. The molecule has 1 aliphatic rings. The lowest BCUT2D eigenvalue weighted by Crippen LogP contribution is -2.24. The van der Waals surface area contributed by atoms with Crippen LogP contribution in [0.3, 0.4) is 0 Å². The molecule has 3 atom stereocenters. The number of rotatable bonds is 6. The summed E-state index contributed by atoms with van der Waals surface area (Å²) in [5.41, 5.74) is 1.29. The minimum Gasteiger partial charge on any atom is -0.462 e. The van der Waals surface area contributed by atoms with Gasteiger partial charge in [-0.05, 0) is 61.6 Å². The highest BCUT2D eigenvalue weighted by Gasteiger charge is 2.39. The first-order valence-corrected chi connectivity index (χ1v) is 10.0. The third-order valence-corrected chi connectivity index (χ3v) is 5.62. The van der Waals surface area contributed by atoms with Crippen molar-refractivity contribution in [3.63, 3.8) is 0 Å². The van der Waals surface area contributed by atoms with Gasteiger partial charge in [-0.25, -0.2) is 9.18 Å². The highest BCUT2D eigenvalue weighted by atomic mass is 19.4. The summed E-state index contributed by atoms with van der Waals surface area (Å²) in [5.74, 6) is -1.10. The van der Waals surface area contributed by atoms with Crippen LogP contribution >= 0.6 is 0 Å². The number of carbonyl (C=O) groups excluding carboxylic acids is 1. The van der Waals surface area contributed by atoms with Crippen molar-refractivity contribution in [2.24, 2.45) is 11.8 Å². The molecule has 0 saturated carbocycles. The molecule has 1 saturated heterocycles. The first kappa shape index (κ1) is 23.0. The maximum Gasteiger partial charge on any atom is 0.416 e. The van der Waals surface area contributed by atoms with Gasteiger partial charge >= 0.3 is 12.1 Å². The molecule has 1 heterocycles. The van der Waals surface area contributed by atoms with Crippen LogP contribution in [0, 0.1) is 17.7 Å². The molecule has 0 amide bonds. The predicted octanol–water partition coefficient (Wildman–Crippen LogP) is 5.90. The molecule has 166 valence electrons. The second-order valence-corrected chi connectivity index (χ2v) is 7.70. The van der Waals surface area contributed by atoms with Crippen LogP contribution in [0.5, 0.6) is 0 Å². The van der Waals surface area contributed by atoms with E-state index in [9.17, 15) is 22.4 Å². The largest absolute Gasteiger partial charge is 0.462 e. The van der Waals surface area contributed by atoms with Gasteiger partial charge in [0.25, 0.3) is 0 Å². The molecule has 3 rings (SSSR count). The van der Waals surface area contributed by atoms with Crippen LogP contribution in [0.2, 0.25) is 0 Å². The molecule has 0 N–H and O–H groups in total. The van der Waals surface area contributed by atoms with Crippen molar-refractivity contribution in [3.05, 3.63) is 82.7 Å². The Balaban J connectivity index is 1.78. The summed E-state index contributed by atoms with van der Waals surface area (Å²) in [7, 11) is 0. The lowest BCUT2D eigenvalue weighted by atomic mass is 9.84. The van der Waals surface area contributed by atoms with E-state index in [4.69, 9.17) is 9.47 Å². The fourth-order valence-electron chi connectivity index (χ4n) is 3.69. The summed E-state index contributed by atoms with van der Waals surface area (Å²) in [5, 5.41) is 0. The number of hydrogen-bond donors (Lipinski definition) is 0. The molecule has 0 spiro atoms. The SMILES string of the molecule is C/C=C(\C)C(=O)OC[C@H]1[C@@H](Cc2ccc(C(F)(F)F)cc2)CO[C@@H]1c1ccc(F)cc1. The van der Waals surface area contributed by atoms with Gasteiger partial charge in [-0.3, -0.25) is 0 Å². The molecular weight excluding hydrogens is 412 g/mol. The Labute approximate surface area is 178 Å². The number of carbonyl (C=O) groups is 1. The molecule has 0 bridgehead atoms. The summed E-state index contributed by atoms with van der Waals surface area (Å²) in [6, 6.07) is 11.0. The number of esters is 1. The third kappa shape index (κ3) is 5.73. The second kappa shape index (κ2) is 9.64. The van der Waals surface area contributed by atoms with E-state index in [2.05, 4.69) is 0 Å². The summed E-state index contributed by atoms with van der Waals surface area (Å²) >= 11 is 0. The normalized spacial score (nSPS) is 21.9. The van der Waals surface area contributed by atoms with Gasteiger partial charge in [0.1, 0.15) is 5.82 Å². The molecule has 0 aliphatic carbocycles. The van der Waals surface area contributed by atoms with Crippen LogP contribution in [-0.4, -0.2) is 19.2 Å². The summed E-state index contributed by atoms with van der Waals surface area (Å²) in [4.78, 5) is 12.1. The molecule has 2 aromatic rings. The van der Waals surface area contributed by atoms with E-state index >= 15 is 0 Å². The fourth-order valence-corrected chi connectivity index (χ4v) is 3.69. The lowest BCUT2D eigenvalue weighted by Gasteiger charge is -2.23. The Bertz CT molecular complexity index is 917. The number of allylic oxidation sites excluding steroid dienone is 1. The molecule has 1 aliphatic heterocycles. The fraction of sp³-hybridized carbons (Fsp3) is 0.375. The lowest BCUT2D eigenvalue weighted by molar-refractivity contribution is -0.141. The van der Waals surface area contributed by atoms with Crippen LogP contribution in [0.1, 0.15) is 36.6 Å². The zero-order valence-corrected chi connectivity index (χ0v) is 17.3. The van der Waals surface area contributed by atoms with Crippen molar-refractivity contribution < 1.29 is 31.8 Å². The van der Waals surface area contributed by atoms with E-state index in [0.717, 1.165) is 23.3 Å². The van der Waals surface area contributed by atoms with Gasteiger partial charge in [0, 0.05) is 11.5 Å². The number of benzene rings is 2. The Kier molecular flexibility index (Phi) is 7.15. The van der Waals surface area contributed by atoms with Crippen molar-refractivity contribution in [2.45, 2.75) is 32.5 Å². The van der Waals surface area contributed by atoms with Crippen molar-refractivity contribution in [3.8, 4) is 0 Å².